The van der Waals surface area contributed by atoms with Gasteiger partial charge in [0.2, 0.25) is 0 Å². The molecule has 63 valence electrons. The maximum absolute atomic E-state index is 3.70. The zero-order chi connectivity index (χ0) is 9.26. The summed E-state index contributed by atoms with van der Waals surface area (Å²) < 4.78 is 0. The van der Waals surface area contributed by atoms with Gasteiger partial charge in [-0.15, -0.1) is 0 Å². The summed E-state index contributed by atoms with van der Waals surface area (Å²) in [6.45, 7) is 2.17. The van der Waals surface area contributed by atoms with Crippen LogP contribution in [0.2, 0.25) is 0 Å². The molecule has 0 aromatic heterocycles. The fourth-order valence-electron chi connectivity index (χ4n) is 1.61. The van der Waals surface area contributed by atoms with Crippen LogP contribution in [-0.4, -0.2) is 10.2 Å². The highest BCUT2D eigenvalue weighted by Gasteiger charge is 1.99. The van der Waals surface area contributed by atoms with Gasteiger partial charge in [-0.2, -0.15) is 0 Å². The van der Waals surface area contributed by atoms with E-state index in [1.165, 1.54) is 21.5 Å². The second kappa shape index (κ2) is 3.34. The third-order valence-electron chi connectivity index (χ3n) is 2.40. The summed E-state index contributed by atoms with van der Waals surface area (Å²) in [5.41, 5.74) is 1.37. The van der Waals surface area contributed by atoms with Crippen molar-refractivity contribution in [3.8, 4) is 0 Å². The Labute approximate surface area is 82.0 Å². The maximum atomic E-state index is 3.70. The van der Waals surface area contributed by atoms with Gasteiger partial charge in [-0.1, -0.05) is 48.5 Å². The molecule has 0 atom stereocenters. The van der Waals surface area contributed by atoms with Gasteiger partial charge in [0.25, 0.3) is 0 Å². The summed E-state index contributed by atoms with van der Waals surface area (Å²) in [4.78, 5) is 0. The summed E-state index contributed by atoms with van der Waals surface area (Å²) in [6, 6.07) is 12.8. The number of fused-ring (bicyclic) bond motifs is 1. The molecule has 0 amide bonds. The Bertz CT molecular complexity index is 432. The molecule has 0 aliphatic heterocycles. The first-order chi connectivity index (χ1) is 6.33. The van der Waals surface area contributed by atoms with Gasteiger partial charge >= 0.3 is 0 Å². The van der Waals surface area contributed by atoms with Crippen molar-refractivity contribution in [2.24, 2.45) is 0 Å². The molecule has 1 heteroatoms. The molecule has 0 heterocycles. The molecule has 0 nitrogen and oxygen atoms in total. The smallest absolute Gasteiger partial charge is 0.0616 e. The van der Waals surface area contributed by atoms with E-state index >= 15 is 0 Å². The molecule has 0 N–H and O–H groups in total. The SMILES string of the molecule is CCc1ccc2ccccc2c1[Si]. The van der Waals surface area contributed by atoms with Gasteiger partial charge in [0.1, 0.15) is 0 Å². The van der Waals surface area contributed by atoms with E-state index in [1.54, 1.807) is 0 Å². The Kier molecular flexibility index (Phi) is 2.19. The minimum atomic E-state index is 1.07. The highest BCUT2D eigenvalue weighted by molar-refractivity contribution is 6.39. The van der Waals surface area contributed by atoms with Gasteiger partial charge in [-0.25, -0.2) is 0 Å². The Morgan fingerprint density at radius 1 is 1.08 bits per heavy atom. The predicted molar refractivity (Wildman–Crippen MR) is 58.7 cm³/mol. The highest BCUT2D eigenvalue weighted by atomic mass is 28.1. The van der Waals surface area contributed by atoms with Crippen LogP contribution < -0.4 is 5.19 Å². The Morgan fingerprint density at radius 2 is 1.85 bits per heavy atom. The fraction of sp³-hybridized carbons (Fsp3) is 0.167. The predicted octanol–water partition coefficient (Wildman–Crippen LogP) is 2.20. The second-order valence-corrected chi connectivity index (χ2v) is 3.67. The van der Waals surface area contributed by atoms with Crippen molar-refractivity contribution in [1.29, 1.82) is 0 Å². The highest BCUT2D eigenvalue weighted by Crippen LogP contribution is 2.12. The van der Waals surface area contributed by atoms with Crippen molar-refractivity contribution in [2.45, 2.75) is 13.3 Å². The lowest BCUT2D eigenvalue weighted by molar-refractivity contribution is 1.16. The molecule has 0 aliphatic carbocycles. The quantitative estimate of drug-likeness (QED) is 0.595. The van der Waals surface area contributed by atoms with E-state index in [1.807, 2.05) is 0 Å². The van der Waals surface area contributed by atoms with E-state index in [2.05, 4.69) is 53.6 Å². The van der Waals surface area contributed by atoms with Crippen LogP contribution in [0, 0.1) is 0 Å². The molecule has 2 aromatic carbocycles. The van der Waals surface area contributed by atoms with E-state index in [9.17, 15) is 0 Å². The van der Waals surface area contributed by atoms with E-state index in [0.717, 1.165) is 6.42 Å². The standard InChI is InChI=1S/C12H11Si/c1-2-9-7-8-10-5-3-4-6-11(10)12(9)13/h3-8H,2H2,1H3. The minimum absolute atomic E-state index is 1.07. The first kappa shape index (κ1) is 8.51. The zero-order valence-corrected chi connectivity index (χ0v) is 8.67. The van der Waals surface area contributed by atoms with Crippen molar-refractivity contribution in [2.75, 3.05) is 0 Å². The largest absolute Gasteiger partial charge is 0.0724 e. The van der Waals surface area contributed by atoms with Crippen LogP contribution in [0.15, 0.2) is 36.4 Å². The molecule has 3 radical (unpaired) electrons. The Hall–Kier alpha value is -1.08. The minimum Gasteiger partial charge on any atom is -0.0616 e. The molecule has 0 fully saturated rings. The average Bonchev–Trinajstić information content (AvgIpc) is 2.19. The van der Waals surface area contributed by atoms with E-state index in [0.29, 0.717) is 0 Å². The topological polar surface area (TPSA) is 0 Å². The van der Waals surface area contributed by atoms with E-state index in [-0.39, 0.29) is 0 Å². The lowest BCUT2D eigenvalue weighted by atomic mass is 10.1. The van der Waals surface area contributed by atoms with Crippen molar-refractivity contribution in [1.82, 2.24) is 0 Å². The van der Waals surface area contributed by atoms with Gasteiger partial charge in [0, 0.05) is 0 Å². The van der Waals surface area contributed by atoms with Crippen LogP contribution in [0.1, 0.15) is 12.5 Å². The molecule has 0 bridgehead atoms. The van der Waals surface area contributed by atoms with E-state index < -0.39 is 0 Å². The fourth-order valence-corrected chi connectivity index (χ4v) is 2.10. The Morgan fingerprint density at radius 3 is 2.62 bits per heavy atom. The Balaban J connectivity index is 2.79. The van der Waals surface area contributed by atoms with Crippen LogP contribution in [0.25, 0.3) is 10.8 Å². The lowest BCUT2D eigenvalue weighted by Crippen LogP contribution is -2.10. The van der Waals surface area contributed by atoms with Crippen molar-refractivity contribution < 1.29 is 0 Å². The van der Waals surface area contributed by atoms with Crippen LogP contribution in [-0.2, 0) is 6.42 Å². The van der Waals surface area contributed by atoms with Crippen LogP contribution in [0.3, 0.4) is 0 Å². The van der Waals surface area contributed by atoms with Crippen molar-refractivity contribution in [3.63, 3.8) is 0 Å². The molecular weight excluding hydrogens is 172 g/mol. The van der Waals surface area contributed by atoms with Gasteiger partial charge < -0.3 is 0 Å². The maximum Gasteiger partial charge on any atom is 0.0724 e. The zero-order valence-electron chi connectivity index (χ0n) is 7.67. The molecular formula is C12H11Si. The van der Waals surface area contributed by atoms with E-state index in [4.69, 9.17) is 0 Å². The third-order valence-corrected chi connectivity index (χ3v) is 2.99. The number of benzene rings is 2. The molecule has 2 rings (SSSR count). The monoisotopic (exact) mass is 183 g/mol. The molecule has 0 aliphatic rings. The average molecular weight is 183 g/mol. The summed E-state index contributed by atoms with van der Waals surface area (Å²) in [5.74, 6) is 0. The van der Waals surface area contributed by atoms with Gasteiger partial charge in [-0.3, -0.25) is 0 Å². The van der Waals surface area contributed by atoms with Crippen LogP contribution in [0.4, 0.5) is 0 Å². The molecule has 0 unspecified atom stereocenters. The summed E-state index contributed by atoms with van der Waals surface area (Å²) >= 11 is 0. The first-order valence-corrected chi connectivity index (χ1v) is 5.05. The van der Waals surface area contributed by atoms with Gasteiger partial charge in [0.05, 0.1) is 10.2 Å². The number of hydrogen-bond donors (Lipinski definition) is 0. The van der Waals surface area contributed by atoms with Crippen LogP contribution >= 0.6 is 0 Å². The second-order valence-electron chi connectivity index (χ2n) is 3.17. The first-order valence-electron chi connectivity index (χ1n) is 4.55. The van der Waals surface area contributed by atoms with Crippen molar-refractivity contribution in [3.05, 3.63) is 42.0 Å². The molecule has 0 spiro atoms. The van der Waals surface area contributed by atoms with Crippen molar-refractivity contribution >= 4 is 26.2 Å². The number of aryl methyl sites for hydroxylation is 1. The summed E-state index contributed by atoms with van der Waals surface area (Å²) in [5, 5.41) is 3.84. The summed E-state index contributed by atoms with van der Waals surface area (Å²) in [7, 11) is 3.70. The lowest BCUT2D eigenvalue weighted by Gasteiger charge is -2.06. The number of rotatable bonds is 1. The molecule has 2 aromatic rings. The molecule has 0 saturated carbocycles. The number of hydrogen-bond acceptors (Lipinski definition) is 0. The third kappa shape index (κ3) is 1.40. The summed E-state index contributed by atoms with van der Waals surface area (Å²) in [6.07, 6.45) is 1.07. The normalized spacial score (nSPS) is 10.6. The van der Waals surface area contributed by atoms with Crippen LogP contribution in [0.5, 0.6) is 0 Å². The van der Waals surface area contributed by atoms with Gasteiger partial charge in [-0.05, 0) is 22.8 Å². The van der Waals surface area contributed by atoms with Gasteiger partial charge in [0.15, 0.2) is 0 Å². The molecule has 13 heavy (non-hydrogen) atoms. The molecule has 0 saturated heterocycles.